The van der Waals surface area contributed by atoms with Gasteiger partial charge in [-0.2, -0.15) is 5.26 Å². The standard InChI is InChI=1S/C12H9FN2OS/c13-9-1-3-10(4-2-9)16-6-5-12-15-8-11(7-14)17-12/h1-4,8H,5-6H2. The second kappa shape index (κ2) is 5.41. The van der Waals surface area contributed by atoms with Crippen molar-refractivity contribution in [1.29, 1.82) is 5.26 Å². The van der Waals surface area contributed by atoms with Crippen LogP contribution in [0.1, 0.15) is 9.88 Å². The summed E-state index contributed by atoms with van der Waals surface area (Å²) in [6.45, 7) is 0.462. The summed E-state index contributed by atoms with van der Waals surface area (Å²) < 4.78 is 18.0. The van der Waals surface area contributed by atoms with Gasteiger partial charge in [0.25, 0.3) is 0 Å². The van der Waals surface area contributed by atoms with Gasteiger partial charge in [-0.1, -0.05) is 0 Å². The Balaban J connectivity index is 1.83. The molecule has 0 N–H and O–H groups in total. The molecule has 0 spiro atoms. The van der Waals surface area contributed by atoms with Crippen LogP contribution in [0.2, 0.25) is 0 Å². The van der Waals surface area contributed by atoms with E-state index < -0.39 is 0 Å². The van der Waals surface area contributed by atoms with Gasteiger partial charge in [0, 0.05) is 6.42 Å². The van der Waals surface area contributed by atoms with Gasteiger partial charge in [0.2, 0.25) is 0 Å². The first kappa shape index (κ1) is 11.6. The van der Waals surface area contributed by atoms with Crippen LogP contribution >= 0.6 is 11.3 Å². The fourth-order valence-electron chi connectivity index (χ4n) is 1.26. The molecule has 0 amide bonds. The molecule has 0 atom stereocenters. The number of hydrogen-bond acceptors (Lipinski definition) is 4. The first-order valence-corrected chi connectivity index (χ1v) is 5.83. The van der Waals surface area contributed by atoms with Crippen molar-refractivity contribution >= 4 is 11.3 Å². The molecule has 0 saturated carbocycles. The van der Waals surface area contributed by atoms with Crippen LogP contribution in [0.4, 0.5) is 4.39 Å². The lowest BCUT2D eigenvalue weighted by Gasteiger charge is -2.03. The Kier molecular flexibility index (Phi) is 3.68. The summed E-state index contributed by atoms with van der Waals surface area (Å²) >= 11 is 1.36. The van der Waals surface area contributed by atoms with E-state index >= 15 is 0 Å². The highest BCUT2D eigenvalue weighted by molar-refractivity contribution is 7.12. The molecule has 0 fully saturated rings. The lowest BCUT2D eigenvalue weighted by molar-refractivity contribution is 0.321. The summed E-state index contributed by atoms with van der Waals surface area (Å²) in [6.07, 6.45) is 2.20. The van der Waals surface area contributed by atoms with E-state index in [-0.39, 0.29) is 5.82 Å². The van der Waals surface area contributed by atoms with Gasteiger partial charge >= 0.3 is 0 Å². The third-order valence-electron chi connectivity index (χ3n) is 2.06. The van der Waals surface area contributed by atoms with Crippen LogP contribution < -0.4 is 4.74 Å². The number of nitriles is 1. The van der Waals surface area contributed by atoms with Crippen LogP contribution in [-0.2, 0) is 6.42 Å². The van der Waals surface area contributed by atoms with Gasteiger partial charge < -0.3 is 4.74 Å². The molecule has 0 bridgehead atoms. The van der Waals surface area contributed by atoms with Crippen molar-refractivity contribution in [2.75, 3.05) is 6.61 Å². The van der Waals surface area contributed by atoms with Crippen LogP contribution in [-0.4, -0.2) is 11.6 Å². The van der Waals surface area contributed by atoms with Crippen LogP contribution in [0.3, 0.4) is 0 Å². The molecule has 1 aromatic carbocycles. The molecular weight excluding hydrogens is 239 g/mol. The molecule has 0 saturated heterocycles. The van der Waals surface area contributed by atoms with Gasteiger partial charge in [0.15, 0.2) is 0 Å². The summed E-state index contributed by atoms with van der Waals surface area (Å²) in [6, 6.07) is 7.91. The molecule has 0 aliphatic rings. The van der Waals surface area contributed by atoms with E-state index in [1.807, 2.05) is 6.07 Å². The van der Waals surface area contributed by atoms with E-state index in [0.29, 0.717) is 23.7 Å². The predicted molar refractivity (Wildman–Crippen MR) is 62.4 cm³/mol. The van der Waals surface area contributed by atoms with Gasteiger partial charge in [0.05, 0.1) is 17.8 Å². The van der Waals surface area contributed by atoms with E-state index in [1.54, 1.807) is 18.3 Å². The van der Waals surface area contributed by atoms with Gasteiger partial charge in [-0.05, 0) is 24.3 Å². The first-order chi connectivity index (χ1) is 8.28. The molecule has 5 heteroatoms. The van der Waals surface area contributed by atoms with Gasteiger partial charge in [0.1, 0.15) is 22.5 Å². The number of hydrogen-bond donors (Lipinski definition) is 0. The average molecular weight is 248 g/mol. The summed E-state index contributed by atoms with van der Waals surface area (Å²) in [5.41, 5.74) is 0. The number of aromatic nitrogens is 1. The second-order valence-electron chi connectivity index (χ2n) is 3.28. The quantitative estimate of drug-likeness (QED) is 0.835. The Morgan fingerprint density at radius 1 is 1.35 bits per heavy atom. The Labute approximate surface area is 102 Å². The molecule has 2 aromatic rings. The summed E-state index contributed by atoms with van der Waals surface area (Å²) in [5, 5.41) is 9.50. The number of rotatable bonds is 4. The largest absolute Gasteiger partial charge is 0.493 e. The van der Waals surface area contributed by atoms with Gasteiger partial charge in [-0.25, -0.2) is 9.37 Å². The van der Waals surface area contributed by atoms with Gasteiger partial charge in [-0.3, -0.25) is 0 Å². The fraction of sp³-hybridized carbons (Fsp3) is 0.167. The highest BCUT2D eigenvalue weighted by atomic mass is 32.1. The normalized spacial score (nSPS) is 9.88. The van der Waals surface area contributed by atoms with Crippen molar-refractivity contribution in [3.8, 4) is 11.8 Å². The average Bonchev–Trinajstić information content (AvgIpc) is 2.80. The molecule has 0 unspecified atom stereocenters. The SMILES string of the molecule is N#Cc1cnc(CCOc2ccc(F)cc2)s1. The first-order valence-electron chi connectivity index (χ1n) is 5.01. The van der Waals surface area contributed by atoms with Crippen molar-refractivity contribution in [3.05, 3.63) is 46.2 Å². The third kappa shape index (κ3) is 3.26. The summed E-state index contributed by atoms with van der Waals surface area (Å²) in [5.74, 6) is 0.347. The number of thiazole rings is 1. The third-order valence-corrected chi connectivity index (χ3v) is 3.02. The Morgan fingerprint density at radius 2 is 2.12 bits per heavy atom. The Morgan fingerprint density at radius 3 is 2.76 bits per heavy atom. The molecule has 0 aliphatic carbocycles. The number of ether oxygens (including phenoxy) is 1. The topological polar surface area (TPSA) is 45.9 Å². The molecule has 1 aromatic heterocycles. The summed E-state index contributed by atoms with van der Waals surface area (Å²) in [4.78, 5) is 4.69. The van der Waals surface area contributed by atoms with E-state index in [2.05, 4.69) is 4.98 Å². The monoisotopic (exact) mass is 248 g/mol. The zero-order chi connectivity index (χ0) is 12.1. The highest BCUT2D eigenvalue weighted by Gasteiger charge is 2.01. The zero-order valence-electron chi connectivity index (χ0n) is 8.89. The molecule has 3 nitrogen and oxygen atoms in total. The van der Waals surface area contributed by atoms with E-state index in [4.69, 9.17) is 10.00 Å². The molecular formula is C12H9FN2OS. The Hall–Kier alpha value is -1.93. The van der Waals surface area contributed by atoms with Crippen molar-refractivity contribution < 1.29 is 9.13 Å². The lowest BCUT2D eigenvalue weighted by atomic mass is 10.3. The van der Waals surface area contributed by atoms with Crippen molar-refractivity contribution in [2.24, 2.45) is 0 Å². The smallest absolute Gasteiger partial charge is 0.124 e. The number of nitrogens with zero attached hydrogens (tertiary/aromatic N) is 2. The van der Waals surface area contributed by atoms with Crippen molar-refractivity contribution in [3.63, 3.8) is 0 Å². The van der Waals surface area contributed by atoms with Crippen molar-refractivity contribution in [1.82, 2.24) is 4.98 Å². The van der Waals surface area contributed by atoms with E-state index in [0.717, 1.165) is 5.01 Å². The minimum absolute atomic E-state index is 0.282. The molecule has 17 heavy (non-hydrogen) atoms. The lowest BCUT2D eigenvalue weighted by Crippen LogP contribution is -2.00. The van der Waals surface area contributed by atoms with Gasteiger partial charge in [-0.15, -0.1) is 11.3 Å². The zero-order valence-corrected chi connectivity index (χ0v) is 9.71. The van der Waals surface area contributed by atoms with Crippen LogP contribution in [0.15, 0.2) is 30.5 Å². The number of halogens is 1. The van der Waals surface area contributed by atoms with E-state index in [9.17, 15) is 4.39 Å². The maximum absolute atomic E-state index is 12.6. The maximum Gasteiger partial charge on any atom is 0.124 e. The predicted octanol–water partition coefficient (Wildman–Crippen LogP) is 2.78. The maximum atomic E-state index is 12.6. The van der Waals surface area contributed by atoms with Crippen LogP contribution in [0.25, 0.3) is 0 Å². The number of benzene rings is 1. The molecule has 0 radical (unpaired) electrons. The van der Waals surface area contributed by atoms with Crippen molar-refractivity contribution in [2.45, 2.75) is 6.42 Å². The Bertz CT molecular complexity index is 530. The van der Waals surface area contributed by atoms with Crippen LogP contribution in [0, 0.1) is 17.1 Å². The van der Waals surface area contributed by atoms with Crippen LogP contribution in [0.5, 0.6) is 5.75 Å². The minimum atomic E-state index is -0.282. The second-order valence-corrected chi connectivity index (χ2v) is 4.40. The fourth-order valence-corrected chi connectivity index (χ4v) is 1.96. The molecule has 2 rings (SSSR count). The highest BCUT2D eigenvalue weighted by Crippen LogP contribution is 2.14. The molecule has 86 valence electrons. The molecule has 0 aliphatic heterocycles. The molecule has 1 heterocycles. The van der Waals surface area contributed by atoms with E-state index in [1.165, 1.54) is 23.5 Å². The summed E-state index contributed by atoms with van der Waals surface area (Å²) in [7, 11) is 0. The minimum Gasteiger partial charge on any atom is -0.493 e.